The summed E-state index contributed by atoms with van der Waals surface area (Å²) in [6.07, 6.45) is 0. The fourth-order valence-electron chi connectivity index (χ4n) is 0.759. The number of thiocarbonyl (C=S) groups is 1. The van der Waals surface area contributed by atoms with Crippen LogP contribution in [0.1, 0.15) is 11.1 Å². The molecule has 0 saturated carbocycles. The molecule has 0 aromatic heterocycles. The van der Waals surface area contributed by atoms with E-state index in [9.17, 15) is 0 Å². The van der Waals surface area contributed by atoms with Crippen molar-refractivity contribution in [3.8, 4) is 0 Å². The first-order chi connectivity index (χ1) is 5.24. The van der Waals surface area contributed by atoms with Crippen LogP contribution in [0.15, 0.2) is 24.3 Å². The summed E-state index contributed by atoms with van der Waals surface area (Å²) in [7, 11) is 0. The van der Waals surface area contributed by atoms with Crippen molar-refractivity contribution in [2.24, 2.45) is 0 Å². The molecule has 1 aromatic carbocycles. The average Bonchev–Trinajstić information content (AvgIpc) is 2.05. The van der Waals surface area contributed by atoms with Gasteiger partial charge in [0.2, 0.25) is 0 Å². The van der Waals surface area contributed by atoms with Crippen LogP contribution in [-0.2, 0) is 0 Å². The standard InChI is InChI=1S/C8H8ClNS.Na.H/c1-6-2-4-7(5-3-6)8(11)10-9;;/h2-5H,1H3,(H,10,11);;. The van der Waals surface area contributed by atoms with Crippen molar-refractivity contribution >= 4 is 58.5 Å². The van der Waals surface area contributed by atoms with Gasteiger partial charge in [0.05, 0.1) is 0 Å². The van der Waals surface area contributed by atoms with E-state index in [-0.39, 0.29) is 29.6 Å². The van der Waals surface area contributed by atoms with Crippen LogP contribution >= 0.6 is 24.0 Å². The fraction of sp³-hybridized carbons (Fsp3) is 0.125. The number of benzene rings is 1. The van der Waals surface area contributed by atoms with Crippen molar-refractivity contribution in [3.63, 3.8) is 0 Å². The Morgan fingerprint density at radius 3 is 2.25 bits per heavy atom. The molecule has 0 aliphatic heterocycles. The maximum atomic E-state index is 5.34. The Bertz CT molecular complexity index is 260. The van der Waals surface area contributed by atoms with Gasteiger partial charge in [-0.3, -0.25) is 4.84 Å². The van der Waals surface area contributed by atoms with E-state index >= 15 is 0 Å². The van der Waals surface area contributed by atoms with Crippen LogP contribution in [0.5, 0.6) is 0 Å². The van der Waals surface area contributed by atoms with Crippen LogP contribution in [0.25, 0.3) is 0 Å². The van der Waals surface area contributed by atoms with Gasteiger partial charge in [0.25, 0.3) is 0 Å². The van der Waals surface area contributed by atoms with Gasteiger partial charge in [-0.15, -0.1) is 0 Å². The van der Waals surface area contributed by atoms with E-state index in [2.05, 4.69) is 4.84 Å². The minimum absolute atomic E-state index is 0. The van der Waals surface area contributed by atoms with Crippen molar-refractivity contribution in [3.05, 3.63) is 35.4 Å². The minimum atomic E-state index is 0. The van der Waals surface area contributed by atoms with Crippen molar-refractivity contribution < 1.29 is 0 Å². The Labute approximate surface area is 105 Å². The van der Waals surface area contributed by atoms with Gasteiger partial charge in [-0.25, -0.2) is 0 Å². The van der Waals surface area contributed by atoms with E-state index in [1.165, 1.54) is 5.56 Å². The molecule has 1 rings (SSSR count). The zero-order chi connectivity index (χ0) is 8.27. The van der Waals surface area contributed by atoms with E-state index in [1.807, 2.05) is 31.2 Å². The molecule has 1 nitrogen and oxygen atoms in total. The van der Waals surface area contributed by atoms with Crippen molar-refractivity contribution in [1.82, 2.24) is 4.84 Å². The van der Waals surface area contributed by atoms with Crippen molar-refractivity contribution in [2.75, 3.05) is 0 Å². The summed E-state index contributed by atoms with van der Waals surface area (Å²) in [5, 5.41) is 0. The van der Waals surface area contributed by atoms with E-state index in [0.29, 0.717) is 4.99 Å². The normalized spacial score (nSPS) is 8.50. The fourth-order valence-corrected chi connectivity index (χ4v) is 1.00. The van der Waals surface area contributed by atoms with Crippen LogP contribution < -0.4 is 4.84 Å². The third-order valence-corrected chi connectivity index (χ3v) is 2.04. The molecule has 4 heteroatoms. The van der Waals surface area contributed by atoms with Crippen molar-refractivity contribution in [2.45, 2.75) is 6.92 Å². The van der Waals surface area contributed by atoms with Crippen LogP contribution in [0.2, 0.25) is 0 Å². The Balaban J connectivity index is 0.00000121. The molecule has 0 unspecified atom stereocenters. The molecule has 0 spiro atoms. The van der Waals surface area contributed by atoms with Crippen LogP contribution in [0.3, 0.4) is 0 Å². The van der Waals surface area contributed by atoms with E-state index < -0.39 is 0 Å². The Morgan fingerprint density at radius 2 is 1.83 bits per heavy atom. The monoisotopic (exact) mass is 209 g/mol. The molecule has 0 saturated heterocycles. The molecule has 0 aliphatic rings. The quantitative estimate of drug-likeness (QED) is 0.430. The second kappa shape index (κ2) is 5.95. The van der Waals surface area contributed by atoms with Crippen molar-refractivity contribution in [1.29, 1.82) is 0 Å². The molecule has 0 heterocycles. The molecule has 60 valence electrons. The zero-order valence-electron chi connectivity index (χ0n) is 6.10. The first-order valence-corrected chi connectivity index (χ1v) is 4.00. The summed E-state index contributed by atoms with van der Waals surface area (Å²) in [6.45, 7) is 2.03. The number of hydrogen-bond acceptors (Lipinski definition) is 1. The summed E-state index contributed by atoms with van der Waals surface area (Å²) < 4.78 is 0. The maximum absolute atomic E-state index is 5.34. The third kappa shape index (κ3) is 3.42. The van der Waals surface area contributed by atoms with Crippen LogP contribution in [0.4, 0.5) is 0 Å². The van der Waals surface area contributed by atoms with Gasteiger partial charge in [-0.1, -0.05) is 42.0 Å². The average molecular weight is 210 g/mol. The van der Waals surface area contributed by atoms with Gasteiger partial charge in [-0.05, 0) is 6.92 Å². The van der Waals surface area contributed by atoms with Gasteiger partial charge >= 0.3 is 29.6 Å². The topological polar surface area (TPSA) is 12.0 Å². The third-order valence-electron chi connectivity index (χ3n) is 1.40. The molecule has 0 amide bonds. The van der Waals surface area contributed by atoms with E-state index in [0.717, 1.165) is 5.56 Å². The van der Waals surface area contributed by atoms with Gasteiger partial charge in [0.15, 0.2) is 0 Å². The number of halogens is 1. The molecule has 1 aromatic rings. The number of rotatable bonds is 1. The van der Waals surface area contributed by atoms with Crippen LogP contribution in [-0.4, -0.2) is 34.5 Å². The molecule has 0 radical (unpaired) electrons. The van der Waals surface area contributed by atoms with Gasteiger partial charge < -0.3 is 0 Å². The molecule has 0 bridgehead atoms. The van der Waals surface area contributed by atoms with Crippen LogP contribution in [0, 0.1) is 6.92 Å². The summed E-state index contributed by atoms with van der Waals surface area (Å²) in [5.74, 6) is 0. The molecular weight excluding hydrogens is 201 g/mol. The second-order valence-electron chi connectivity index (χ2n) is 2.29. The summed E-state index contributed by atoms with van der Waals surface area (Å²) in [4.78, 5) is 2.97. The second-order valence-corrected chi connectivity index (χ2v) is 2.89. The molecule has 1 N–H and O–H groups in total. The molecule has 12 heavy (non-hydrogen) atoms. The molecule has 0 fully saturated rings. The summed E-state index contributed by atoms with van der Waals surface area (Å²) in [5.41, 5.74) is 2.16. The van der Waals surface area contributed by atoms with E-state index in [4.69, 9.17) is 24.0 Å². The zero-order valence-corrected chi connectivity index (χ0v) is 7.67. The van der Waals surface area contributed by atoms with E-state index in [1.54, 1.807) is 0 Å². The van der Waals surface area contributed by atoms with Gasteiger partial charge in [0.1, 0.15) is 4.99 Å². The summed E-state index contributed by atoms with van der Waals surface area (Å²) in [6, 6.07) is 7.87. The number of hydrogen-bond donors (Lipinski definition) is 1. The predicted molar refractivity (Wildman–Crippen MR) is 59.0 cm³/mol. The number of nitrogens with one attached hydrogen (secondary N) is 1. The SMILES string of the molecule is Cc1ccc(C(=S)NCl)cc1.[NaH]. The Kier molecular flexibility index (Phi) is 6.14. The Hall–Kier alpha value is 0.400. The Morgan fingerprint density at radius 1 is 1.33 bits per heavy atom. The molecule has 0 aliphatic carbocycles. The molecule has 0 atom stereocenters. The summed E-state index contributed by atoms with van der Waals surface area (Å²) >= 11 is 10.3. The number of aryl methyl sites for hydroxylation is 1. The first kappa shape index (κ1) is 12.4. The first-order valence-electron chi connectivity index (χ1n) is 3.21. The van der Waals surface area contributed by atoms with Gasteiger partial charge in [0, 0.05) is 17.3 Å². The van der Waals surface area contributed by atoms with Gasteiger partial charge in [-0.2, -0.15) is 0 Å². The predicted octanol–water partition coefficient (Wildman–Crippen LogP) is 1.77. The molecular formula is C8H9ClNNaS.